The fourth-order valence-corrected chi connectivity index (χ4v) is 1.39. The van der Waals surface area contributed by atoms with E-state index in [0.29, 0.717) is 11.4 Å². The van der Waals surface area contributed by atoms with E-state index in [1.165, 1.54) is 0 Å². The van der Waals surface area contributed by atoms with Crippen LogP contribution in [0.5, 0.6) is 0 Å². The van der Waals surface area contributed by atoms with E-state index in [2.05, 4.69) is 15.3 Å². The third-order valence-corrected chi connectivity index (χ3v) is 2.25. The molecular weight excluding hydrogens is 421 g/mol. The Morgan fingerprint density at radius 2 is 0.864 bits per heavy atom. The van der Waals surface area contributed by atoms with Gasteiger partial charge in [-0.25, -0.2) is 0 Å². The van der Waals surface area contributed by atoms with Gasteiger partial charge in [-0.1, -0.05) is 0 Å². The topological polar surface area (TPSA) is 68.3 Å². The molecule has 1 N–H and O–H groups in total. The van der Waals surface area contributed by atoms with Gasteiger partial charge in [-0.15, -0.1) is 0 Å². The van der Waals surface area contributed by atoms with E-state index in [1.54, 1.807) is 48.5 Å². The van der Waals surface area contributed by atoms with Crippen molar-refractivity contribution in [2.75, 3.05) is 5.32 Å². The summed E-state index contributed by atoms with van der Waals surface area (Å²) >= 11 is 0. The van der Waals surface area contributed by atoms with Crippen LogP contribution in [-0.4, -0.2) is 0 Å². The summed E-state index contributed by atoms with van der Waals surface area (Å²) in [7, 11) is 0. The Balaban J connectivity index is -0.000000324. The van der Waals surface area contributed by atoms with Gasteiger partial charge < -0.3 is 54.9 Å². The molecule has 0 aliphatic carbocycles. The molecule has 0 spiro atoms. The number of anilines is 2. The van der Waals surface area contributed by atoms with Gasteiger partial charge in [0.05, 0.1) is 0 Å². The summed E-state index contributed by atoms with van der Waals surface area (Å²) in [6.07, 6.45) is 0. The number of rotatable bonds is 2. The number of benzene rings is 2. The zero-order valence-electron chi connectivity index (χ0n) is 11.1. The van der Waals surface area contributed by atoms with E-state index < -0.39 is 0 Å². The molecule has 0 atom stereocenters. The number of nitrogens with one attached hydrogen (secondary N) is 1. The number of halogens is 4. The van der Waals surface area contributed by atoms with Gasteiger partial charge in [0, 0.05) is 35.6 Å². The van der Waals surface area contributed by atoms with Gasteiger partial charge in [-0.05, 0) is 24.3 Å². The first-order valence-electron chi connectivity index (χ1n) is 4.99. The second-order valence-electron chi connectivity index (χ2n) is 3.42. The molecule has 0 aromatic heterocycles. The van der Waals surface area contributed by atoms with Crippen LogP contribution in [0, 0.1) is 10.8 Å². The SMILES string of the molecule is N#[N+]c1ccc(Nc2ccc([N+]#N)cc2)cc1.[Cl-].[Cl-].[Cl-].[Cl-].[Zn+2]. The molecule has 0 unspecified atom stereocenters. The molecule has 2 aromatic carbocycles. The van der Waals surface area contributed by atoms with Crippen molar-refractivity contribution in [1.29, 1.82) is 10.8 Å². The summed E-state index contributed by atoms with van der Waals surface area (Å²) in [6, 6.07) is 14.0. The minimum Gasteiger partial charge on any atom is -1.00 e. The standard InChI is InChI=1S/C12H9N5.4ClH.Zn/c13-16-11-5-1-9(2-6-11)15-10-3-7-12(17-14)8-4-10;;;;;/h1-8,15H;4*1H;/q+2;;;;;+2/p-4. The number of nitrogens with zero attached hydrogens (tertiary/aromatic N) is 4. The maximum Gasteiger partial charge on any atom is 2.00 e. The van der Waals surface area contributed by atoms with Gasteiger partial charge in [-0.2, -0.15) is 0 Å². The van der Waals surface area contributed by atoms with Crippen molar-refractivity contribution in [3.05, 3.63) is 58.5 Å². The van der Waals surface area contributed by atoms with Crippen LogP contribution < -0.4 is 54.9 Å². The van der Waals surface area contributed by atoms with Gasteiger partial charge in [0.15, 0.2) is 9.95 Å². The van der Waals surface area contributed by atoms with Crippen LogP contribution in [0.25, 0.3) is 9.95 Å². The average Bonchev–Trinajstić information content (AvgIpc) is 2.40. The summed E-state index contributed by atoms with van der Waals surface area (Å²) in [4.78, 5) is 6.15. The first-order chi connectivity index (χ1) is 8.31. The van der Waals surface area contributed by atoms with Gasteiger partial charge >= 0.3 is 30.9 Å². The molecule has 22 heavy (non-hydrogen) atoms. The molecule has 0 aliphatic heterocycles. The fourth-order valence-electron chi connectivity index (χ4n) is 1.39. The van der Waals surface area contributed by atoms with E-state index in [4.69, 9.17) is 10.8 Å². The smallest absolute Gasteiger partial charge is 1.00 e. The largest absolute Gasteiger partial charge is 2.00 e. The molecule has 0 saturated heterocycles. The van der Waals surface area contributed by atoms with E-state index in [0.717, 1.165) is 11.4 Å². The van der Waals surface area contributed by atoms with Gasteiger partial charge in [0.1, 0.15) is 0 Å². The Labute approximate surface area is 165 Å². The monoisotopic (exact) mass is 427 g/mol. The first kappa shape index (κ1) is 28.9. The first-order valence-corrected chi connectivity index (χ1v) is 4.99. The van der Waals surface area contributed by atoms with Crippen molar-refractivity contribution < 1.29 is 69.1 Å². The average molecular weight is 430 g/mol. The van der Waals surface area contributed by atoms with Crippen LogP contribution in [0.1, 0.15) is 0 Å². The van der Waals surface area contributed by atoms with Gasteiger partial charge in [0.25, 0.3) is 0 Å². The van der Waals surface area contributed by atoms with Gasteiger partial charge in [-0.3, -0.25) is 0 Å². The molecule has 0 radical (unpaired) electrons. The molecule has 2 rings (SSSR count). The summed E-state index contributed by atoms with van der Waals surface area (Å²) in [6.45, 7) is 0. The minimum absolute atomic E-state index is 0. The molecule has 2 aromatic rings. The molecule has 112 valence electrons. The zero-order valence-corrected chi connectivity index (χ0v) is 17.1. The van der Waals surface area contributed by atoms with Crippen LogP contribution in [0.3, 0.4) is 0 Å². The van der Waals surface area contributed by atoms with Crippen molar-refractivity contribution in [2.24, 2.45) is 0 Å². The summed E-state index contributed by atoms with van der Waals surface area (Å²) in [5.74, 6) is 0. The Hall–Kier alpha value is -1.14. The molecule has 0 aliphatic rings. The van der Waals surface area contributed by atoms with E-state index in [1.807, 2.05) is 0 Å². The maximum atomic E-state index is 8.55. The molecule has 0 heterocycles. The van der Waals surface area contributed by atoms with E-state index in [9.17, 15) is 0 Å². The van der Waals surface area contributed by atoms with Crippen molar-refractivity contribution in [1.82, 2.24) is 0 Å². The third-order valence-electron chi connectivity index (χ3n) is 2.25. The van der Waals surface area contributed by atoms with Gasteiger partial charge in [0.2, 0.25) is 10.8 Å². The number of hydrogen-bond acceptors (Lipinski definition) is 3. The molecule has 0 amide bonds. The Morgan fingerprint density at radius 1 is 0.591 bits per heavy atom. The fraction of sp³-hybridized carbons (Fsp3) is 0. The van der Waals surface area contributed by atoms with E-state index >= 15 is 0 Å². The molecule has 10 heteroatoms. The van der Waals surface area contributed by atoms with Crippen molar-refractivity contribution in [3.8, 4) is 0 Å². The van der Waals surface area contributed by atoms with Crippen molar-refractivity contribution in [3.63, 3.8) is 0 Å². The Morgan fingerprint density at radius 3 is 1.09 bits per heavy atom. The Bertz CT molecular complexity index is 552. The zero-order chi connectivity index (χ0) is 12.1. The summed E-state index contributed by atoms with van der Waals surface area (Å²) < 4.78 is 0. The Kier molecular flexibility index (Phi) is 19.5. The maximum absolute atomic E-state index is 8.55. The molecule has 0 bridgehead atoms. The normalized spacial score (nSPS) is 7.00. The predicted octanol–water partition coefficient (Wildman–Crippen LogP) is -7.59. The van der Waals surface area contributed by atoms with Crippen molar-refractivity contribution >= 4 is 22.7 Å². The van der Waals surface area contributed by atoms with Crippen LogP contribution in [-0.2, 0) is 19.5 Å². The van der Waals surface area contributed by atoms with Crippen LogP contribution in [0.15, 0.2) is 48.5 Å². The second-order valence-corrected chi connectivity index (χ2v) is 3.42. The summed E-state index contributed by atoms with van der Waals surface area (Å²) in [5.41, 5.74) is 2.77. The quantitative estimate of drug-likeness (QED) is 0.380. The van der Waals surface area contributed by atoms with Crippen LogP contribution >= 0.6 is 0 Å². The third kappa shape index (κ3) is 8.34. The predicted molar refractivity (Wildman–Crippen MR) is 65.7 cm³/mol. The molecule has 0 fully saturated rings. The second kappa shape index (κ2) is 14.8. The number of diazo groups is 2. The summed E-state index contributed by atoms with van der Waals surface area (Å²) in [5, 5.41) is 20.3. The molecule has 0 saturated carbocycles. The molecule has 5 nitrogen and oxygen atoms in total. The molecular formula is C12H9Cl4N5Zn. The minimum atomic E-state index is 0. The van der Waals surface area contributed by atoms with Crippen LogP contribution in [0.4, 0.5) is 22.7 Å². The van der Waals surface area contributed by atoms with Crippen molar-refractivity contribution in [2.45, 2.75) is 0 Å². The number of hydrogen-bond donors (Lipinski definition) is 1. The van der Waals surface area contributed by atoms with Crippen LogP contribution in [0.2, 0.25) is 0 Å². The van der Waals surface area contributed by atoms with E-state index in [-0.39, 0.29) is 69.1 Å².